The van der Waals surface area contributed by atoms with Crippen molar-refractivity contribution in [2.75, 3.05) is 68.8 Å². The molecule has 12 nitrogen and oxygen atoms in total. The van der Waals surface area contributed by atoms with Crippen molar-refractivity contribution in [3.63, 3.8) is 0 Å². The van der Waals surface area contributed by atoms with Gasteiger partial charge in [0.05, 0.1) is 36.6 Å². The number of likely N-dealkylation sites (N-methyl/N-ethyl adjacent to an activating group) is 4. The standard InChI is InChI=1S/C54H66N4O8S4/c1-9-11-31-65-35-53-49(61)55(3)51(47(59)57(53)5,67-45(69-53)41-23-27-43(63-7)28-24-41)33-39-19-15-37(16-20-39)13-14-38-17-21-40(22-18-38)34-52-48(60)58(6)54(50(62)56(52)4,36-66-32-12-10-2)70-46(68-52)42-25-29-44(64-8)30-26-42/h15-30,45-46H,9-14,31-36H2,1-8H3/t45?,46?,51-,52?,53-,54-/m0/s1. The number of piperazine rings is 2. The minimum atomic E-state index is -1.21. The molecule has 10 rings (SSSR count). The molecule has 70 heavy (non-hydrogen) atoms. The van der Waals surface area contributed by atoms with Gasteiger partial charge in [-0.15, -0.1) is 47.0 Å². The number of aryl methyl sites for hydroxylation is 2. The highest BCUT2D eigenvalue weighted by Crippen LogP contribution is 2.62. The summed E-state index contributed by atoms with van der Waals surface area (Å²) in [6.07, 6.45) is 5.96. The van der Waals surface area contributed by atoms with Crippen molar-refractivity contribution in [3.05, 3.63) is 130 Å². The number of rotatable bonds is 21. The molecule has 0 radical (unpaired) electrons. The molecule has 4 aromatic carbocycles. The molecule has 0 aromatic heterocycles. The van der Waals surface area contributed by atoms with Crippen LogP contribution in [-0.4, -0.2) is 132 Å². The Kier molecular flexibility index (Phi) is 16.2. The van der Waals surface area contributed by atoms with Crippen molar-refractivity contribution >= 4 is 70.7 Å². The number of benzene rings is 4. The molecule has 0 saturated carbocycles. The fourth-order valence-corrected chi connectivity index (χ4v) is 17.2. The first kappa shape index (κ1) is 52.0. The molecular formula is C54H66N4O8S4. The number of carbonyl (C=O) groups excluding carboxylic acids is 4. The lowest BCUT2D eigenvalue weighted by Gasteiger charge is -2.51. The van der Waals surface area contributed by atoms with Crippen LogP contribution in [0, 0.1) is 0 Å². The van der Waals surface area contributed by atoms with Gasteiger partial charge in [0.2, 0.25) is 0 Å². The van der Waals surface area contributed by atoms with Crippen molar-refractivity contribution in [2.24, 2.45) is 0 Å². The molecule has 6 saturated heterocycles. The molecule has 6 aliphatic rings. The molecule has 374 valence electrons. The molecule has 4 aromatic rings. The second-order valence-corrected chi connectivity index (χ2v) is 24.7. The normalized spacial score (nSPS) is 26.5. The summed E-state index contributed by atoms with van der Waals surface area (Å²) in [6, 6.07) is 32.6. The molecule has 6 fully saturated rings. The van der Waals surface area contributed by atoms with Gasteiger partial charge >= 0.3 is 0 Å². The number of nitrogens with zero attached hydrogens (tertiary/aromatic N) is 4. The Hall–Kier alpha value is -4.32. The van der Waals surface area contributed by atoms with Crippen LogP contribution in [0.3, 0.4) is 0 Å². The van der Waals surface area contributed by atoms with Crippen molar-refractivity contribution in [3.8, 4) is 11.5 Å². The molecule has 6 atom stereocenters. The first-order valence-electron chi connectivity index (χ1n) is 24.1. The third-order valence-corrected chi connectivity index (χ3v) is 21.2. The highest BCUT2D eigenvalue weighted by molar-refractivity contribution is 8.19. The van der Waals surface area contributed by atoms with Crippen LogP contribution in [0.25, 0.3) is 0 Å². The molecule has 3 unspecified atom stereocenters. The third kappa shape index (κ3) is 9.69. The Morgan fingerprint density at radius 2 is 0.743 bits per heavy atom. The molecular weight excluding hydrogens is 961 g/mol. The monoisotopic (exact) mass is 1030 g/mol. The SMILES string of the molecule is CCCCOC[C@@]12SC(c3ccc(OC)cc3)SC(Cc3ccc(CCc4ccc(C[C@@]56SC(c7ccc(OC)cc7)S[C@@](COCCCC)(C(=O)N5C)N(C)C6=O)cc4)cc3)(C(=O)N1C)N(C)C2=O. The highest BCUT2D eigenvalue weighted by atomic mass is 32.2. The van der Waals surface area contributed by atoms with E-state index in [2.05, 4.69) is 62.4 Å². The van der Waals surface area contributed by atoms with E-state index in [-0.39, 0.29) is 46.0 Å². The zero-order valence-corrected chi connectivity index (χ0v) is 44.8. The number of carbonyl (C=O) groups is 4. The topological polar surface area (TPSA) is 118 Å². The van der Waals surface area contributed by atoms with Gasteiger partial charge in [0.15, 0.2) is 19.5 Å². The second kappa shape index (κ2) is 21.8. The maximum absolute atomic E-state index is 14.8. The van der Waals surface area contributed by atoms with Crippen molar-refractivity contribution < 1.29 is 38.1 Å². The largest absolute Gasteiger partial charge is 0.497 e. The summed E-state index contributed by atoms with van der Waals surface area (Å²) in [6.45, 7) is 5.46. The lowest BCUT2D eigenvalue weighted by Crippen LogP contribution is -2.73. The Morgan fingerprint density at radius 3 is 1.07 bits per heavy atom. The van der Waals surface area contributed by atoms with Gasteiger partial charge in [-0.1, -0.05) is 99.5 Å². The minimum absolute atomic E-state index is 0.110. The summed E-state index contributed by atoms with van der Waals surface area (Å²) in [5.41, 5.74) is 6.23. The molecule has 0 aliphatic carbocycles. The van der Waals surface area contributed by atoms with Crippen molar-refractivity contribution in [1.29, 1.82) is 0 Å². The summed E-state index contributed by atoms with van der Waals surface area (Å²) >= 11 is 6.04. The van der Waals surface area contributed by atoms with E-state index in [1.54, 1.807) is 62.0 Å². The fraction of sp³-hybridized carbons (Fsp3) is 0.481. The Balaban J connectivity index is 0.976. The lowest BCUT2D eigenvalue weighted by molar-refractivity contribution is -0.165. The molecule has 4 bridgehead atoms. The Labute approximate surface area is 430 Å². The van der Waals surface area contributed by atoms with Crippen LogP contribution in [0.15, 0.2) is 97.1 Å². The Bertz CT molecular complexity index is 2330. The van der Waals surface area contributed by atoms with Crippen LogP contribution < -0.4 is 9.47 Å². The van der Waals surface area contributed by atoms with E-state index >= 15 is 0 Å². The first-order chi connectivity index (χ1) is 33.7. The average molecular weight is 1030 g/mol. The molecule has 0 spiro atoms. The van der Waals surface area contributed by atoms with Crippen LogP contribution in [0.5, 0.6) is 11.5 Å². The van der Waals surface area contributed by atoms with Crippen molar-refractivity contribution in [2.45, 2.75) is 93.9 Å². The number of hydrogen-bond acceptors (Lipinski definition) is 12. The van der Waals surface area contributed by atoms with E-state index < -0.39 is 19.5 Å². The number of amides is 4. The molecule has 16 heteroatoms. The van der Waals surface area contributed by atoms with Gasteiger partial charge in [-0.25, -0.2) is 0 Å². The molecule has 6 aliphatic heterocycles. The van der Waals surface area contributed by atoms with E-state index in [1.165, 1.54) is 47.0 Å². The number of unbranched alkanes of at least 4 members (excludes halogenated alkanes) is 2. The smallest absolute Gasteiger partial charge is 0.262 e. The minimum Gasteiger partial charge on any atom is -0.497 e. The summed E-state index contributed by atoms with van der Waals surface area (Å²) in [5.74, 6) is 1.01. The molecule has 4 amide bonds. The van der Waals surface area contributed by atoms with E-state index in [0.29, 0.717) is 26.1 Å². The third-order valence-electron chi connectivity index (χ3n) is 14.2. The van der Waals surface area contributed by atoms with Crippen LogP contribution in [0.2, 0.25) is 0 Å². The predicted molar refractivity (Wildman–Crippen MR) is 283 cm³/mol. The quantitative estimate of drug-likeness (QED) is 0.0741. The van der Waals surface area contributed by atoms with Crippen LogP contribution in [0.4, 0.5) is 0 Å². The number of fused-ring (bicyclic) bond motifs is 8. The van der Waals surface area contributed by atoms with Gasteiger partial charge in [-0.05, 0) is 83.3 Å². The fourth-order valence-electron chi connectivity index (χ4n) is 9.61. The predicted octanol–water partition coefficient (Wildman–Crippen LogP) is 9.21. The summed E-state index contributed by atoms with van der Waals surface area (Å²) in [7, 11) is 10.3. The molecule has 6 heterocycles. The number of thioether (sulfide) groups is 4. The van der Waals surface area contributed by atoms with Gasteiger partial charge in [0, 0.05) is 54.2 Å². The van der Waals surface area contributed by atoms with Crippen LogP contribution in [-0.2, 0) is 54.3 Å². The van der Waals surface area contributed by atoms with E-state index in [0.717, 1.165) is 83.4 Å². The summed E-state index contributed by atoms with van der Waals surface area (Å²) in [5, 5.41) is 0. The molecule has 0 N–H and O–H groups in total. The average Bonchev–Trinajstić information content (AvgIpc) is 3.64. The van der Waals surface area contributed by atoms with Gasteiger partial charge < -0.3 is 38.5 Å². The van der Waals surface area contributed by atoms with Gasteiger partial charge in [-0.3, -0.25) is 19.2 Å². The van der Waals surface area contributed by atoms with E-state index in [4.69, 9.17) is 18.9 Å². The summed E-state index contributed by atoms with van der Waals surface area (Å²) in [4.78, 5) is 60.7. The maximum atomic E-state index is 14.8. The Morgan fingerprint density at radius 1 is 0.443 bits per heavy atom. The lowest BCUT2D eigenvalue weighted by atomic mass is 9.95. The number of ether oxygens (including phenoxy) is 4. The van der Waals surface area contributed by atoms with Gasteiger partial charge in [0.1, 0.15) is 11.5 Å². The first-order valence-corrected chi connectivity index (χ1v) is 27.7. The summed E-state index contributed by atoms with van der Waals surface area (Å²) < 4.78 is 22.7. The number of methoxy groups -OCH3 is 2. The van der Waals surface area contributed by atoms with Crippen LogP contribution >= 0.6 is 47.0 Å². The number of hydrogen-bond donors (Lipinski definition) is 0. The highest BCUT2D eigenvalue weighted by Gasteiger charge is 2.67. The van der Waals surface area contributed by atoms with Crippen LogP contribution in [0.1, 0.15) is 82.1 Å². The van der Waals surface area contributed by atoms with Gasteiger partial charge in [-0.2, -0.15) is 0 Å². The second-order valence-electron chi connectivity index (χ2n) is 18.6. The zero-order valence-electron chi connectivity index (χ0n) is 41.6. The zero-order chi connectivity index (χ0) is 49.8. The van der Waals surface area contributed by atoms with Gasteiger partial charge in [0.25, 0.3) is 23.6 Å². The maximum Gasteiger partial charge on any atom is 0.262 e. The van der Waals surface area contributed by atoms with E-state index in [9.17, 15) is 19.2 Å². The van der Waals surface area contributed by atoms with E-state index in [1.807, 2.05) is 48.5 Å². The van der Waals surface area contributed by atoms with Crippen molar-refractivity contribution in [1.82, 2.24) is 19.6 Å².